The van der Waals surface area contributed by atoms with Gasteiger partial charge in [0.2, 0.25) is 11.7 Å². The molecule has 0 bridgehead atoms. The zero-order chi connectivity index (χ0) is 18.9. The Hall–Kier alpha value is -3.05. The van der Waals surface area contributed by atoms with Crippen LogP contribution >= 0.6 is 0 Å². The molecular formula is C23H22N4O. The smallest absolute Gasteiger partial charge is 0.231 e. The lowest BCUT2D eigenvalue weighted by Gasteiger charge is -2.15. The molecule has 0 N–H and O–H groups in total. The minimum atomic E-state index is 0.300. The van der Waals surface area contributed by atoms with Crippen molar-refractivity contribution in [3.05, 3.63) is 77.8 Å². The monoisotopic (exact) mass is 370 g/mol. The van der Waals surface area contributed by atoms with E-state index in [9.17, 15) is 0 Å². The molecule has 1 fully saturated rings. The Morgan fingerprint density at radius 2 is 2.00 bits per heavy atom. The Bertz CT molecular complexity index is 1100. The first-order chi connectivity index (χ1) is 13.7. The summed E-state index contributed by atoms with van der Waals surface area (Å²) in [6.45, 7) is 4.99. The number of benzene rings is 2. The lowest BCUT2D eigenvalue weighted by atomic mass is 10.1. The molecule has 5 nitrogen and oxygen atoms in total. The van der Waals surface area contributed by atoms with Crippen LogP contribution in [0.25, 0.3) is 22.3 Å². The normalized spacial score (nSPS) is 17.4. The van der Waals surface area contributed by atoms with Gasteiger partial charge in [-0.2, -0.15) is 4.98 Å². The van der Waals surface area contributed by atoms with Gasteiger partial charge in [-0.25, -0.2) is 0 Å². The van der Waals surface area contributed by atoms with Crippen molar-refractivity contribution >= 4 is 10.9 Å². The molecule has 0 aliphatic carbocycles. The predicted molar refractivity (Wildman–Crippen MR) is 109 cm³/mol. The summed E-state index contributed by atoms with van der Waals surface area (Å²) in [7, 11) is 0. The highest BCUT2D eigenvalue weighted by atomic mass is 16.5. The van der Waals surface area contributed by atoms with Crippen LogP contribution in [-0.4, -0.2) is 33.1 Å². The zero-order valence-electron chi connectivity index (χ0n) is 15.9. The van der Waals surface area contributed by atoms with Crippen molar-refractivity contribution in [1.29, 1.82) is 0 Å². The summed E-state index contributed by atoms with van der Waals surface area (Å²) in [5.74, 6) is 1.73. The molecule has 1 atom stereocenters. The van der Waals surface area contributed by atoms with Gasteiger partial charge in [-0.15, -0.1) is 0 Å². The number of pyridine rings is 1. The quantitative estimate of drug-likeness (QED) is 0.526. The van der Waals surface area contributed by atoms with Gasteiger partial charge in [0.25, 0.3) is 0 Å². The van der Waals surface area contributed by atoms with E-state index in [4.69, 9.17) is 4.52 Å². The molecule has 3 heterocycles. The molecule has 2 aromatic carbocycles. The SMILES string of the molecule is Cc1ccc(-c2noc(C3CCN(Cc4ccc5ncccc5c4)C3)n2)cc1. The van der Waals surface area contributed by atoms with Crippen molar-refractivity contribution < 1.29 is 4.52 Å². The van der Waals surface area contributed by atoms with Crippen LogP contribution in [0.1, 0.15) is 29.4 Å². The maximum Gasteiger partial charge on any atom is 0.231 e. The van der Waals surface area contributed by atoms with E-state index in [2.05, 4.69) is 63.3 Å². The number of fused-ring (bicyclic) bond motifs is 1. The van der Waals surface area contributed by atoms with Gasteiger partial charge < -0.3 is 4.52 Å². The van der Waals surface area contributed by atoms with E-state index < -0.39 is 0 Å². The Balaban J connectivity index is 1.27. The van der Waals surface area contributed by atoms with Gasteiger partial charge in [0, 0.05) is 30.2 Å². The van der Waals surface area contributed by atoms with Crippen LogP contribution in [0.15, 0.2) is 65.3 Å². The molecule has 140 valence electrons. The van der Waals surface area contributed by atoms with Crippen molar-refractivity contribution in [1.82, 2.24) is 20.0 Å². The Kier molecular flexibility index (Phi) is 4.37. The van der Waals surface area contributed by atoms with Crippen molar-refractivity contribution in [2.24, 2.45) is 0 Å². The summed E-state index contributed by atoms with van der Waals surface area (Å²) in [4.78, 5) is 11.5. The van der Waals surface area contributed by atoms with Gasteiger partial charge in [-0.3, -0.25) is 9.88 Å². The van der Waals surface area contributed by atoms with Crippen LogP contribution in [0.2, 0.25) is 0 Å². The van der Waals surface area contributed by atoms with Crippen LogP contribution in [-0.2, 0) is 6.54 Å². The fourth-order valence-corrected chi connectivity index (χ4v) is 3.88. The van der Waals surface area contributed by atoms with Gasteiger partial charge in [-0.1, -0.05) is 47.1 Å². The minimum Gasteiger partial charge on any atom is -0.339 e. The number of hydrogen-bond acceptors (Lipinski definition) is 5. The second-order valence-corrected chi connectivity index (χ2v) is 7.57. The first-order valence-electron chi connectivity index (χ1n) is 9.71. The molecule has 5 heteroatoms. The molecule has 0 radical (unpaired) electrons. The highest BCUT2D eigenvalue weighted by Crippen LogP contribution is 2.29. The molecule has 0 saturated carbocycles. The molecule has 28 heavy (non-hydrogen) atoms. The topological polar surface area (TPSA) is 55.1 Å². The van der Waals surface area contributed by atoms with Crippen LogP contribution in [0.5, 0.6) is 0 Å². The first kappa shape index (κ1) is 17.1. The molecule has 1 aliphatic heterocycles. The molecule has 2 aromatic heterocycles. The summed E-state index contributed by atoms with van der Waals surface area (Å²) in [5.41, 5.74) is 4.58. The summed E-state index contributed by atoms with van der Waals surface area (Å²) in [5, 5.41) is 5.38. The van der Waals surface area contributed by atoms with Gasteiger partial charge in [0.05, 0.1) is 11.4 Å². The molecule has 1 unspecified atom stereocenters. The van der Waals surface area contributed by atoms with Crippen LogP contribution in [0, 0.1) is 6.92 Å². The number of nitrogens with zero attached hydrogens (tertiary/aromatic N) is 4. The van der Waals surface area contributed by atoms with Crippen LogP contribution < -0.4 is 0 Å². The highest BCUT2D eigenvalue weighted by Gasteiger charge is 2.28. The molecular weight excluding hydrogens is 348 g/mol. The standard InChI is InChI=1S/C23H22N4O/c1-16-4-7-18(8-5-16)22-25-23(28-26-22)20-10-12-27(15-20)14-17-6-9-21-19(13-17)3-2-11-24-21/h2-9,11,13,20H,10,12,14-15H2,1H3. The Labute approximate surface area is 164 Å². The number of aryl methyl sites for hydroxylation is 1. The Morgan fingerprint density at radius 1 is 1.11 bits per heavy atom. The summed E-state index contributed by atoms with van der Waals surface area (Å²) >= 11 is 0. The van der Waals surface area contributed by atoms with E-state index >= 15 is 0 Å². The largest absolute Gasteiger partial charge is 0.339 e. The predicted octanol–water partition coefficient (Wildman–Crippen LogP) is 4.58. The fraction of sp³-hybridized carbons (Fsp3) is 0.261. The van der Waals surface area contributed by atoms with Crippen molar-refractivity contribution in [2.45, 2.75) is 25.8 Å². The third kappa shape index (κ3) is 3.41. The fourth-order valence-electron chi connectivity index (χ4n) is 3.88. The lowest BCUT2D eigenvalue weighted by molar-refractivity contribution is 0.309. The molecule has 1 aliphatic rings. The van der Waals surface area contributed by atoms with E-state index in [0.717, 1.165) is 43.0 Å². The number of rotatable bonds is 4. The zero-order valence-corrected chi connectivity index (χ0v) is 15.9. The van der Waals surface area contributed by atoms with Crippen molar-refractivity contribution in [2.75, 3.05) is 13.1 Å². The second-order valence-electron chi connectivity index (χ2n) is 7.57. The van der Waals surface area contributed by atoms with E-state index in [1.807, 2.05) is 24.4 Å². The molecule has 5 rings (SSSR count). The number of aromatic nitrogens is 3. The van der Waals surface area contributed by atoms with Crippen LogP contribution in [0.4, 0.5) is 0 Å². The van der Waals surface area contributed by atoms with E-state index in [1.165, 1.54) is 16.5 Å². The minimum absolute atomic E-state index is 0.300. The molecule has 1 saturated heterocycles. The first-order valence-corrected chi connectivity index (χ1v) is 9.71. The van der Waals surface area contributed by atoms with Gasteiger partial charge >= 0.3 is 0 Å². The van der Waals surface area contributed by atoms with Crippen LogP contribution in [0.3, 0.4) is 0 Å². The summed E-state index contributed by atoms with van der Waals surface area (Å²) in [6.07, 6.45) is 2.88. The van der Waals surface area contributed by atoms with Gasteiger partial charge in [-0.05, 0) is 43.7 Å². The maximum absolute atomic E-state index is 5.59. The molecule has 4 aromatic rings. The van der Waals surface area contributed by atoms with E-state index in [-0.39, 0.29) is 0 Å². The average Bonchev–Trinajstić information content (AvgIpc) is 3.38. The lowest BCUT2D eigenvalue weighted by Crippen LogP contribution is -2.19. The Morgan fingerprint density at radius 3 is 2.89 bits per heavy atom. The van der Waals surface area contributed by atoms with Crippen molar-refractivity contribution in [3.8, 4) is 11.4 Å². The third-order valence-corrected chi connectivity index (χ3v) is 5.45. The van der Waals surface area contributed by atoms with E-state index in [1.54, 1.807) is 0 Å². The number of likely N-dealkylation sites (tertiary alicyclic amines) is 1. The summed E-state index contributed by atoms with van der Waals surface area (Å²) < 4.78 is 5.59. The third-order valence-electron chi connectivity index (χ3n) is 5.45. The van der Waals surface area contributed by atoms with E-state index in [0.29, 0.717) is 11.7 Å². The van der Waals surface area contributed by atoms with Gasteiger partial charge in [0.15, 0.2) is 0 Å². The molecule has 0 spiro atoms. The summed E-state index contributed by atoms with van der Waals surface area (Å²) in [6, 6.07) is 18.8. The average molecular weight is 370 g/mol. The van der Waals surface area contributed by atoms with Crippen molar-refractivity contribution in [3.63, 3.8) is 0 Å². The second kappa shape index (κ2) is 7.17. The maximum atomic E-state index is 5.59. The van der Waals surface area contributed by atoms with Gasteiger partial charge in [0.1, 0.15) is 0 Å². The number of hydrogen-bond donors (Lipinski definition) is 0. The highest BCUT2D eigenvalue weighted by molar-refractivity contribution is 5.78. The molecule has 0 amide bonds.